The van der Waals surface area contributed by atoms with Gasteiger partial charge in [0.1, 0.15) is 5.58 Å². The molecule has 0 saturated heterocycles. The van der Waals surface area contributed by atoms with Crippen LogP contribution in [0.1, 0.15) is 44.4 Å². The van der Waals surface area contributed by atoms with Gasteiger partial charge in [-0.25, -0.2) is 0 Å². The number of anilines is 1. The molecule has 0 spiro atoms. The molecule has 0 bridgehead atoms. The first kappa shape index (κ1) is 26.1. The Balaban J connectivity index is 1.85. The summed E-state index contributed by atoms with van der Waals surface area (Å²) in [6.07, 6.45) is -4.65. The maximum atomic E-state index is 13.9. The van der Waals surface area contributed by atoms with Crippen LogP contribution in [0.2, 0.25) is 0 Å². The zero-order chi connectivity index (χ0) is 28.2. The molecule has 10 heteroatoms. The van der Waals surface area contributed by atoms with E-state index < -0.39 is 29.1 Å². The van der Waals surface area contributed by atoms with E-state index in [4.69, 9.17) is 18.6 Å². The predicted molar refractivity (Wildman–Crippen MR) is 138 cm³/mol. The normalized spacial score (nSPS) is 15.0. The van der Waals surface area contributed by atoms with E-state index in [9.17, 15) is 22.8 Å². The van der Waals surface area contributed by atoms with Crippen molar-refractivity contribution in [3.8, 4) is 17.2 Å². The summed E-state index contributed by atoms with van der Waals surface area (Å²) in [5.74, 6) is -0.232. The van der Waals surface area contributed by atoms with Gasteiger partial charge in [-0.2, -0.15) is 13.2 Å². The maximum absolute atomic E-state index is 13.9. The van der Waals surface area contributed by atoms with Crippen LogP contribution in [-0.4, -0.2) is 27.2 Å². The van der Waals surface area contributed by atoms with Gasteiger partial charge in [0.15, 0.2) is 16.9 Å². The Morgan fingerprint density at radius 3 is 2.10 bits per heavy atom. The van der Waals surface area contributed by atoms with Gasteiger partial charge in [-0.15, -0.1) is 0 Å². The fraction of sp³-hybridized carbons (Fsp3) is 0.241. The highest BCUT2D eigenvalue weighted by molar-refractivity contribution is 6.10. The van der Waals surface area contributed by atoms with E-state index in [1.807, 2.05) is 13.8 Å². The number of alkyl halides is 3. The van der Waals surface area contributed by atoms with Gasteiger partial charge in [0, 0.05) is 5.69 Å². The summed E-state index contributed by atoms with van der Waals surface area (Å²) >= 11 is 0. The Bertz CT molecular complexity index is 1670. The number of hydrogen-bond acceptors (Lipinski definition) is 6. The highest BCUT2D eigenvalue weighted by Gasteiger charge is 2.45. The van der Waals surface area contributed by atoms with Gasteiger partial charge in [0.25, 0.3) is 5.91 Å². The summed E-state index contributed by atoms with van der Waals surface area (Å²) in [5.41, 5.74) is 0.802. The van der Waals surface area contributed by atoms with Crippen LogP contribution < -0.4 is 24.5 Å². The lowest BCUT2D eigenvalue weighted by Crippen LogP contribution is -2.29. The molecular formula is C29H24F3NO6. The van der Waals surface area contributed by atoms with E-state index in [0.29, 0.717) is 5.56 Å². The average Bonchev–Trinajstić information content (AvgIpc) is 3.20. The summed E-state index contributed by atoms with van der Waals surface area (Å²) in [7, 11) is 4.24. The highest BCUT2D eigenvalue weighted by Crippen LogP contribution is 2.47. The van der Waals surface area contributed by atoms with Gasteiger partial charge in [0.2, 0.25) is 11.5 Å². The number of fused-ring (bicyclic) bond motifs is 2. The van der Waals surface area contributed by atoms with E-state index in [-0.39, 0.29) is 45.2 Å². The predicted octanol–water partition coefficient (Wildman–Crippen LogP) is 6.20. The minimum absolute atomic E-state index is 0.00226. The third-order valence-electron chi connectivity index (χ3n) is 6.94. The first-order valence-electron chi connectivity index (χ1n) is 11.9. The minimum Gasteiger partial charge on any atom is -0.493 e. The molecule has 202 valence electrons. The quantitative estimate of drug-likeness (QED) is 0.300. The Hall–Kier alpha value is -4.47. The van der Waals surface area contributed by atoms with Crippen LogP contribution in [0.3, 0.4) is 0 Å². The summed E-state index contributed by atoms with van der Waals surface area (Å²) in [6, 6.07) is 9.68. The molecule has 4 aromatic rings. The summed E-state index contributed by atoms with van der Waals surface area (Å²) in [5, 5.41) is 0.257. The maximum Gasteiger partial charge on any atom is 0.416 e. The van der Waals surface area contributed by atoms with Gasteiger partial charge >= 0.3 is 6.18 Å². The summed E-state index contributed by atoms with van der Waals surface area (Å²) in [6.45, 7) is 3.69. The summed E-state index contributed by atoms with van der Waals surface area (Å²) in [4.78, 5) is 28.9. The van der Waals surface area contributed by atoms with Crippen molar-refractivity contribution in [2.45, 2.75) is 26.1 Å². The lowest BCUT2D eigenvalue weighted by molar-refractivity contribution is -0.137. The number of halogens is 3. The molecule has 1 unspecified atom stereocenters. The fourth-order valence-corrected chi connectivity index (χ4v) is 4.90. The second-order valence-corrected chi connectivity index (χ2v) is 9.19. The molecule has 1 atom stereocenters. The molecule has 1 amide bonds. The average molecular weight is 540 g/mol. The number of rotatable bonds is 5. The molecule has 7 nitrogen and oxygen atoms in total. The molecule has 1 aliphatic rings. The minimum atomic E-state index is -4.65. The van der Waals surface area contributed by atoms with E-state index in [0.717, 1.165) is 28.2 Å². The number of amides is 1. The van der Waals surface area contributed by atoms with Crippen LogP contribution in [0.5, 0.6) is 17.2 Å². The number of hydrogen-bond donors (Lipinski definition) is 0. The number of benzene rings is 3. The monoisotopic (exact) mass is 539 g/mol. The van der Waals surface area contributed by atoms with Crippen molar-refractivity contribution in [3.05, 3.63) is 92.3 Å². The molecule has 0 radical (unpaired) electrons. The molecule has 2 heterocycles. The largest absolute Gasteiger partial charge is 0.493 e. The van der Waals surface area contributed by atoms with Crippen molar-refractivity contribution < 1.29 is 36.6 Å². The second-order valence-electron chi connectivity index (χ2n) is 9.19. The molecule has 39 heavy (non-hydrogen) atoms. The van der Waals surface area contributed by atoms with Gasteiger partial charge in [0.05, 0.1) is 43.9 Å². The Morgan fingerprint density at radius 1 is 0.872 bits per heavy atom. The number of carbonyl (C=O) groups is 1. The first-order chi connectivity index (χ1) is 18.5. The zero-order valence-corrected chi connectivity index (χ0v) is 21.7. The van der Waals surface area contributed by atoms with Crippen molar-refractivity contribution in [1.29, 1.82) is 0 Å². The second kappa shape index (κ2) is 9.37. The van der Waals surface area contributed by atoms with Crippen LogP contribution >= 0.6 is 0 Å². The smallest absolute Gasteiger partial charge is 0.416 e. The Morgan fingerprint density at radius 2 is 1.51 bits per heavy atom. The zero-order valence-electron chi connectivity index (χ0n) is 21.7. The lowest BCUT2D eigenvalue weighted by atomic mass is 9.96. The molecule has 0 N–H and O–H groups in total. The highest BCUT2D eigenvalue weighted by atomic mass is 19.4. The molecule has 3 aromatic carbocycles. The van der Waals surface area contributed by atoms with Crippen LogP contribution in [0.15, 0.2) is 57.7 Å². The summed E-state index contributed by atoms with van der Waals surface area (Å²) < 4.78 is 63.2. The van der Waals surface area contributed by atoms with Crippen LogP contribution in [0.25, 0.3) is 11.0 Å². The third kappa shape index (κ3) is 4.16. The number of aryl methyl sites for hydroxylation is 2. The molecule has 1 aliphatic heterocycles. The number of ether oxygens (including phenoxy) is 3. The Labute approximate surface area is 221 Å². The number of nitrogens with zero attached hydrogens (tertiary/aromatic N) is 1. The van der Waals surface area contributed by atoms with Crippen LogP contribution in [0, 0.1) is 13.8 Å². The van der Waals surface area contributed by atoms with Gasteiger partial charge < -0.3 is 18.6 Å². The SMILES string of the molecule is COc1cc(C2c3c(oc4cc(C)c(C)cc4c3=O)C(=O)N2c2cccc(C(F)(F)F)c2)cc(OC)c1OC. The Kier molecular flexibility index (Phi) is 6.28. The van der Waals surface area contributed by atoms with Gasteiger partial charge in [-0.1, -0.05) is 6.07 Å². The van der Waals surface area contributed by atoms with Gasteiger partial charge in [-0.3, -0.25) is 14.5 Å². The third-order valence-corrected chi connectivity index (χ3v) is 6.94. The lowest BCUT2D eigenvalue weighted by Gasteiger charge is -2.27. The standard InChI is InChI=1S/C29H24F3NO6/c1-14-9-19-20(10-15(14)2)39-27-23(25(19)34)24(16-11-21(36-3)26(38-5)22(12-16)37-4)33(28(27)35)18-8-6-7-17(13-18)29(30,31)32/h6-13,24H,1-5H3. The van der Waals surface area contributed by atoms with Crippen LogP contribution in [0.4, 0.5) is 18.9 Å². The molecule has 0 saturated carbocycles. The van der Waals surface area contributed by atoms with Crippen molar-refractivity contribution in [2.24, 2.45) is 0 Å². The van der Waals surface area contributed by atoms with Crippen molar-refractivity contribution in [3.63, 3.8) is 0 Å². The topological polar surface area (TPSA) is 78.2 Å². The van der Waals surface area contributed by atoms with Crippen molar-refractivity contribution in [2.75, 3.05) is 26.2 Å². The molecule has 5 rings (SSSR count). The molecule has 0 aliphatic carbocycles. The van der Waals surface area contributed by atoms with Crippen LogP contribution in [-0.2, 0) is 6.18 Å². The molecule has 0 fully saturated rings. The van der Waals surface area contributed by atoms with Gasteiger partial charge in [-0.05, 0) is 73.0 Å². The number of methoxy groups -OCH3 is 3. The van der Waals surface area contributed by atoms with E-state index in [1.165, 1.54) is 33.5 Å². The van der Waals surface area contributed by atoms with E-state index in [1.54, 1.807) is 24.3 Å². The van der Waals surface area contributed by atoms with E-state index >= 15 is 0 Å². The number of carbonyl (C=O) groups excluding carboxylic acids is 1. The van der Waals surface area contributed by atoms with Crippen molar-refractivity contribution in [1.82, 2.24) is 0 Å². The van der Waals surface area contributed by atoms with E-state index in [2.05, 4.69) is 0 Å². The fourth-order valence-electron chi connectivity index (χ4n) is 4.90. The molecule has 1 aromatic heterocycles. The van der Waals surface area contributed by atoms with Crippen molar-refractivity contribution >= 4 is 22.6 Å². The first-order valence-corrected chi connectivity index (χ1v) is 11.9. The molecular weight excluding hydrogens is 515 g/mol.